The number of benzene rings is 14. The van der Waals surface area contributed by atoms with Gasteiger partial charge < -0.3 is 19.0 Å². The molecule has 0 saturated heterocycles. The Labute approximate surface area is 669 Å². The third-order valence-electron chi connectivity index (χ3n) is 21.1. The maximum absolute atomic E-state index is 11.5. The Hall–Kier alpha value is -11.4. The van der Waals surface area contributed by atoms with E-state index in [2.05, 4.69) is 277 Å². The summed E-state index contributed by atoms with van der Waals surface area (Å²) in [5, 5.41) is 33.9. The van der Waals surface area contributed by atoms with Crippen LogP contribution in [0.2, 0.25) is 0 Å². The van der Waals surface area contributed by atoms with Crippen molar-refractivity contribution in [3.05, 3.63) is 300 Å². The first kappa shape index (κ1) is 73.7. The first-order chi connectivity index (χ1) is 52.9. The van der Waals surface area contributed by atoms with Crippen LogP contribution in [-0.4, -0.2) is 32.6 Å². The van der Waals surface area contributed by atoms with Gasteiger partial charge in [0.1, 0.15) is 38.3 Å². The Kier molecular flexibility index (Phi) is 19.1. The van der Waals surface area contributed by atoms with Crippen LogP contribution < -0.4 is 0 Å². The molecule has 14 aromatic carbocycles. The van der Waals surface area contributed by atoms with Crippen LogP contribution in [-0.2, 0) is 42.7 Å². The largest absolute Gasteiger partial charge is 0.507 e. The van der Waals surface area contributed by atoms with Crippen LogP contribution in [0.25, 0.3) is 152 Å². The van der Waals surface area contributed by atoms with Gasteiger partial charge in [-0.2, -0.15) is 0 Å². The van der Waals surface area contributed by atoms with Crippen molar-refractivity contribution in [1.82, 2.24) is 9.97 Å². The molecule has 4 aromatic heterocycles. The molecule has 0 bridgehead atoms. The molecule has 0 radical (unpaired) electrons. The zero-order chi connectivity index (χ0) is 76.1. The monoisotopic (exact) mass is 1660 g/mol. The van der Waals surface area contributed by atoms with Crippen molar-refractivity contribution in [3.63, 3.8) is 0 Å². The maximum atomic E-state index is 11.5. The fourth-order valence-corrected chi connectivity index (χ4v) is 17.3. The molecule has 0 amide bonds. The zero-order valence-electron chi connectivity index (χ0n) is 64.1. The number of nitrogens with zero attached hydrogens (tertiary/aromatic N) is 4. The molecule has 0 aliphatic rings. The number of para-hydroxylation sites is 5. The van der Waals surface area contributed by atoms with Gasteiger partial charge in [0.05, 0.1) is 27.2 Å². The second-order valence-corrected chi connectivity index (χ2v) is 34.8. The number of fused-ring (bicyclic) bond motifs is 10. The van der Waals surface area contributed by atoms with Crippen LogP contribution in [0.15, 0.2) is 280 Å². The molecule has 8 nitrogen and oxygen atoms in total. The van der Waals surface area contributed by atoms with Crippen molar-refractivity contribution in [1.29, 1.82) is 0 Å². The van der Waals surface area contributed by atoms with Gasteiger partial charge in [0.25, 0.3) is 0 Å². The van der Waals surface area contributed by atoms with E-state index in [1.807, 2.05) is 72.8 Å². The molecule has 11 heteroatoms. The topological polar surface area (TPSA) is 117 Å². The van der Waals surface area contributed by atoms with Crippen molar-refractivity contribution < 1.29 is 40.1 Å². The molecule has 550 valence electrons. The van der Waals surface area contributed by atoms with E-state index in [4.69, 9.17) is 28.8 Å². The van der Waals surface area contributed by atoms with Crippen molar-refractivity contribution in [2.75, 3.05) is 0 Å². The number of thiazole rings is 2. The molecular weight excluding hydrogens is 1580 g/mol. The number of aromatic hydroxyl groups is 2. The Bertz CT molecular complexity index is 6340. The summed E-state index contributed by atoms with van der Waals surface area (Å²) in [7, 11) is 0. The van der Waals surface area contributed by atoms with Gasteiger partial charge in [-0.15, -0.1) is 40.9 Å². The Morgan fingerprint density at radius 1 is 0.360 bits per heavy atom. The second kappa shape index (κ2) is 28.8. The standard InChI is InChI=1S/C50H42N2O2S.C50H41N2O2S.Pt/c2*1-49(2,3)33-25-32(46(53)41(28-33)50(4,5)6)29-51-42-23-11-9-19-39(42)48-52-45-40(38-22-14-21-37-36-18-10-12-24-43(36)54-47(37)38)26-31(27-44(45)55-48)35-20-13-16-30-15-7-8-17-34(30)35;/h7-29,53H,1-6H3;7-21,23-29,53H,1-6H3;/q;-1;. The van der Waals surface area contributed by atoms with Crippen LogP contribution in [0.1, 0.15) is 116 Å². The molecule has 18 aromatic rings. The van der Waals surface area contributed by atoms with Crippen molar-refractivity contribution in [2.24, 2.45) is 9.98 Å². The Balaban J connectivity index is 0.000000167. The Morgan fingerprint density at radius 3 is 1.24 bits per heavy atom. The summed E-state index contributed by atoms with van der Waals surface area (Å²) in [5.74, 6) is 0.537. The van der Waals surface area contributed by atoms with E-state index >= 15 is 0 Å². The molecule has 4 heterocycles. The number of hydrogen-bond acceptors (Lipinski definition) is 10. The summed E-state index contributed by atoms with van der Waals surface area (Å²) < 4.78 is 15.3. The van der Waals surface area contributed by atoms with Gasteiger partial charge in [-0.3, -0.25) is 9.98 Å². The zero-order valence-corrected chi connectivity index (χ0v) is 68.0. The van der Waals surface area contributed by atoms with Gasteiger partial charge in [-0.25, -0.2) is 9.97 Å². The molecule has 0 saturated carbocycles. The molecule has 0 unspecified atom stereocenters. The van der Waals surface area contributed by atoms with Crippen LogP contribution >= 0.6 is 22.7 Å². The average molecular weight is 1660 g/mol. The number of aromatic nitrogens is 2. The van der Waals surface area contributed by atoms with Gasteiger partial charge in [-0.05, 0) is 143 Å². The third kappa shape index (κ3) is 14.0. The first-order valence-corrected chi connectivity index (χ1v) is 39.1. The van der Waals surface area contributed by atoms with Crippen LogP contribution in [0, 0.1) is 6.07 Å². The van der Waals surface area contributed by atoms with Gasteiger partial charge in [0, 0.05) is 104 Å². The van der Waals surface area contributed by atoms with E-state index in [1.54, 1.807) is 35.1 Å². The summed E-state index contributed by atoms with van der Waals surface area (Å²) >= 11 is 3.33. The summed E-state index contributed by atoms with van der Waals surface area (Å²) in [5.41, 5.74) is 21.9. The van der Waals surface area contributed by atoms with Gasteiger partial charge in [0.2, 0.25) is 0 Å². The maximum Gasteiger partial charge on any atom is 0.143 e. The number of phenols is 2. The summed E-state index contributed by atoms with van der Waals surface area (Å²) in [6.45, 7) is 26.0. The fraction of sp³-hybridized carbons (Fsp3) is 0.160. The van der Waals surface area contributed by atoms with E-state index in [1.165, 1.54) is 27.1 Å². The Morgan fingerprint density at radius 2 is 0.748 bits per heavy atom. The molecule has 0 aliphatic carbocycles. The number of rotatable bonds is 10. The molecule has 0 fully saturated rings. The quantitative estimate of drug-likeness (QED) is 0.104. The van der Waals surface area contributed by atoms with Crippen LogP contribution in [0.5, 0.6) is 11.5 Å². The predicted octanol–water partition coefficient (Wildman–Crippen LogP) is 28.6. The van der Waals surface area contributed by atoms with E-state index in [9.17, 15) is 10.2 Å². The molecule has 2 N–H and O–H groups in total. The average Bonchev–Trinajstić information content (AvgIpc) is 1.62. The van der Waals surface area contributed by atoms with Crippen molar-refractivity contribution >= 4 is 132 Å². The minimum Gasteiger partial charge on any atom is -0.507 e. The fourth-order valence-electron chi connectivity index (χ4n) is 15.1. The minimum atomic E-state index is -0.237. The molecule has 0 spiro atoms. The van der Waals surface area contributed by atoms with E-state index in [-0.39, 0.29) is 54.2 Å². The number of aliphatic imine (C=N–C) groups is 2. The molecule has 0 atom stereocenters. The van der Waals surface area contributed by atoms with E-state index < -0.39 is 0 Å². The van der Waals surface area contributed by atoms with Gasteiger partial charge in [-0.1, -0.05) is 282 Å². The summed E-state index contributed by atoms with van der Waals surface area (Å²) in [4.78, 5) is 20.9. The SMILES string of the molecule is CC(C)(C)c1cc(C=Nc2ccccc2-c2nc3c(-c4[c-]ccc5c4oc4ccccc45)cc(-c4cccc5ccccc45)cc3s2)c(O)c(C(C)(C)C)c1.CC(C)(C)c1cc(C=Nc2ccccc2-c2nc3c(-c4cccc5c4oc4ccccc45)cc(-c4cccc5ccccc45)cc3s2)c(O)c(C(C)(C)C)c1.[Pt]. The van der Waals surface area contributed by atoms with Gasteiger partial charge in [0.15, 0.2) is 0 Å². The molecule has 0 aliphatic heterocycles. The third-order valence-corrected chi connectivity index (χ3v) is 23.1. The van der Waals surface area contributed by atoms with E-state index in [0.717, 1.165) is 158 Å². The molecular formula is C100H83N4O4PtS2-. The number of phenolic OH excluding ortho intramolecular Hbond substituents is 2. The van der Waals surface area contributed by atoms with Crippen molar-refractivity contribution in [3.8, 4) is 77.1 Å². The first-order valence-electron chi connectivity index (χ1n) is 37.5. The normalized spacial score (nSPS) is 12.4. The number of hydrogen-bond donors (Lipinski definition) is 2. The summed E-state index contributed by atoms with van der Waals surface area (Å²) in [6.07, 6.45) is 3.60. The van der Waals surface area contributed by atoms with E-state index in [0.29, 0.717) is 11.1 Å². The van der Waals surface area contributed by atoms with Gasteiger partial charge >= 0.3 is 0 Å². The van der Waals surface area contributed by atoms with Crippen LogP contribution in [0.4, 0.5) is 11.4 Å². The van der Waals surface area contributed by atoms with Crippen molar-refractivity contribution in [2.45, 2.75) is 105 Å². The second-order valence-electron chi connectivity index (χ2n) is 32.8. The molecule has 111 heavy (non-hydrogen) atoms. The summed E-state index contributed by atoms with van der Waals surface area (Å²) in [6, 6.07) is 94.2. The van der Waals surface area contributed by atoms with Crippen LogP contribution in [0.3, 0.4) is 0 Å². The number of furan rings is 2. The predicted molar refractivity (Wildman–Crippen MR) is 466 cm³/mol. The smallest absolute Gasteiger partial charge is 0.143 e. The molecule has 18 rings (SSSR count). The minimum absolute atomic E-state index is 0.